The van der Waals surface area contributed by atoms with Crippen LogP contribution in [0, 0.1) is 0 Å². The van der Waals surface area contributed by atoms with Crippen LogP contribution in [0.3, 0.4) is 0 Å². The summed E-state index contributed by atoms with van der Waals surface area (Å²) in [6, 6.07) is 11.7. The number of esters is 1. The summed E-state index contributed by atoms with van der Waals surface area (Å²) in [7, 11) is 4.66. The molecule has 0 spiro atoms. The van der Waals surface area contributed by atoms with Gasteiger partial charge in [-0.3, -0.25) is 9.69 Å². The van der Waals surface area contributed by atoms with Crippen molar-refractivity contribution in [2.45, 2.75) is 25.4 Å². The Balaban J connectivity index is 1.98. The molecule has 27 heavy (non-hydrogen) atoms. The number of nitrogens with zero attached hydrogens (tertiary/aromatic N) is 1. The molecule has 0 radical (unpaired) electrons. The molecule has 0 fully saturated rings. The zero-order valence-corrected chi connectivity index (χ0v) is 16.6. The lowest BCUT2D eigenvalue weighted by Crippen LogP contribution is -2.36. The predicted molar refractivity (Wildman–Crippen MR) is 104 cm³/mol. The molecule has 1 atom stereocenters. The summed E-state index contributed by atoms with van der Waals surface area (Å²) < 4.78 is 15.8. The smallest absolute Gasteiger partial charge is 0.307 e. The molecule has 2 aromatic carbocycles. The highest BCUT2D eigenvalue weighted by atomic mass is 35.5. The van der Waals surface area contributed by atoms with Crippen LogP contribution in [0.25, 0.3) is 0 Å². The van der Waals surface area contributed by atoms with Gasteiger partial charge in [-0.2, -0.15) is 0 Å². The molecule has 2 aromatic rings. The molecule has 6 heteroatoms. The van der Waals surface area contributed by atoms with Crippen molar-refractivity contribution in [2.75, 3.05) is 27.9 Å². The van der Waals surface area contributed by atoms with E-state index in [1.165, 1.54) is 7.11 Å². The average molecular weight is 390 g/mol. The van der Waals surface area contributed by atoms with Crippen LogP contribution in [0.4, 0.5) is 0 Å². The number of benzene rings is 2. The van der Waals surface area contributed by atoms with Gasteiger partial charge in [0.2, 0.25) is 0 Å². The van der Waals surface area contributed by atoms with Gasteiger partial charge in [0.1, 0.15) is 0 Å². The Hall–Kier alpha value is -2.24. The van der Waals surface area contributed by atoms with Gasteiger partial charge in [-0.25, -0.2) is 0 Å². The van der Waals surface area contributed by atoms with Gasteiger partial charge in [0.15, 0.2) is 11.5 Å². The number of carbonyl (C=O) groups is 1. The third-order valence-corrected chi connectivity index (χ3v) is 5.40. The molecule has 144 valence electrons. The molecule has 0 N–H and O–H groups in total. The van der Waals surface area contributed by atoms with E-state index in [2.05, 4.69) is 4.90 Å². The fraction of sp³-hybridized carbons (Fsp3) is 0.381. The fourth-order valence-corrected chi connectivity index (χ4v) is 3.79. The van der Waals surface area contributed by atoms with Crippen LogP contribution in [-0.2, 0) is 22.5 Å². The van der Waals surface area contributed by atoms with E-state index in [1.54, 1.807) is 14.2 Å². The number of hydrogen-bond acceptors (Lipinski definition) is 5. The van der Waals surface area contributed by atoms with Crippen LogP contribution in [0.5, 0.6) is 11.5 Å². The van der Waals surface area contributed by atoms with Crippen LogP contribution in [-0.4, -0.2) is 38.7 Å². The van der Waals surface area contributed by atoms with Crippen molar-refractivity contribution >= 4 is 17.6 Å². The zero-order valence-electron chi connectivity index (χ0n) is 15.8. The normalized spacial score (nSPS) is 16.5. The molecule has 0 amide bonds. The number of carbonyl (C=O) groups excluding carboxylic acids is 1. The molecule has 3 rings (SSSR count). The van der Waals surface area contributed by atoms with E-state index in [4.69, 9.17) is 25.8 Å². The first-order valence-electron chi connectivity index (χ1n) is 8.86. The third-order valence-electron chi connectivity index (χ3n) is 5.03. The van der Waals surface area contributed by atoms with E-state index in [-0.39, 0.29) is 18.4 Å². The quantitative estimate of drug-likeness (QED) is 0.698. The highest BCUT2D eigenvalue weighted by Gasteiger charge is 2.31. The highest BCUT2D eigenvalue weighted by Crippen LogP contribution is 2.40. The monoisotopic (exact) mass is 389 g/mol. The van der Waals surface area contributed by atoms with E-state index < -0.39 is 0 Å². The minimum Gasteiger partial charge on any atom is -0.493 e. The summed E-state index contributed by atoms with van der Waals surface area (Å²) in [6.45, 7) is 1.48. The molecule has 0 aliphatic carbocycles. The SMILES string of the molecule is COC(=O)C[C@@H]1c2cc(OC)c(OC)cc2CCN1Cc1ccccc1Cl. The lowest BCUT2D eigenvalue weighted by molar-refractivity contribution is -0.142. The van der Waals surface area contributed by atoms with Crippen molar-refractivity contribution < 1.29 is 19.0 Å². The second kappa shape index (κ2) is 8.63. The molecule has 0 bridgehead atoms. The van der Waals surface area contributed by atoms with Gasteiger partial charge >= 0.3 is 5.97 Å². The second-order valence-corrected chi connectivity index (χ2v) is 6.92. The van der Waals surface area contributed by atoms with Gasteiger partial charge in [-0.15, -0.1) is 0 Å². The summed E-state index contributed by atoms with van der Waals surface area (Å²) in [6.07, 6.45) is 1.13. The summed E-state index contributed by atoms with van der Waals surface area (Å²) >= 11 is 6.36. The van der Waals surface area contributed by atoms with Gasteiger partial charge in [-0.05, 0) is 41.3 Å². The van der Waals surface area contributed by atoms with Crippen LogP contribution in [0.2, 0.25) is 5.02 Å². The van der Waals surface area contributed by atoms with Crippen molar-refractivity contribution in [1.29, 1.82) is 0 Å². The van der Waals surface area contributed by atoms with E-state index in [9.17, 15) is 4.79 Å². The molecular weight excluding hydrogens is 366 g/mol. The largest absolute Gasteiger partial charge is 0.493 e. The summed E-state index contributed by atoms with van der Waals surface area (Å²) in [5, 5.41) is 0.729. The van der Waals surface area contributed by atoms with Gasteiger partial charge in [0.05, 0.1) is 27.8 Å². The predicted octanol–water partition coefficient (Wildman–Crippen LogP) is 4.02. The molecule has 1 aliphatic heterocycles. The third kappa shape index (κ3) is 4.20. The van der Waals surface area contributed by atoms with E-state index in [0.29, 0.717) is 18.0 Å². The Morgan fingerprint density at radius 2 is 1.85 bits per heavy atom. The zero-order chi connectivity index (χ0) is 19.4. The minimum absolute atomic E-state index is 0.114. The number of methoxy groups -OCH3 is 3. The fourth-order valence-electron chi connectivity index (χ4n) is 3.60. The Kier molecular flexibility index (Phi) is 6.24. The van der Waals surface area contributed by atoms with Crippen LogP contribution < -0.4 is 9.47 Å². The maximum Gasteiger partial charge on any atom is 0.307 e. The van der Waals surface area contributed by atoms with E-state index in [0.717, 1.165) is 34.7 Å². The molecule has 0 saturated heterocycles. The first-order valence-corrected chi connectivity index (χ1v) is 9.24. The summed E-state index contributed by atoms with van der Waals surface area (Å²) in [5.41, 5.74) is 3.27. The van der Waals surface area contributed by atoms with Crippen LogP contribution in [0.15, 0.2) is 36.4 Å². The highest BCUT2D eigenvalue weighted by molar-refractivity contribution is 6.31. The Morgan fingerprint density at radius 1 is 1.15 bits per heavy atom. The Morgan fingerprint density at radius 3 is 2.52 bits per heavy atom. The number of fused-ring (bicyclic) bond motifs is 1. The average Bonchev–Trinajstić information content (AvgIpc) is 2.70. The van der Waals surface area contributed by atoms with Crippen molar-refractivity contribution in [2.24, 2.45) is 0 Å². The van der Waals surface area contributed by atoms with E-state index >= 15 is 0 Å². The van der Waals surface area contributed by atoms with Crippen molar-refractivity contribution in [3.8, 4) is 11.5 Å². The first kappa shape index (κ1) is 19.5. The molecule has 0 unspecified atom stereocenters. The molecule has 0 saturated carbocycles. The number of halogens is 1. The second-order valence-electron chi connectivity index (χ2n) is 6.51. The molecule has 1 heterocycles. The summed E-state index contributed by atoms with van der Waals surface area (Å²) in [4.78, 5) is 14.4. The minimum atomic E-state index is -0.244. The number of rotatable bonds is 6. The molecule has 5 nitrogen and oxygen atoms in total. The molecule has 0 aromatic heterocycles. The maximum absolute atomic E-state index is 12.1. The molecular formula is C21H24ClNO4. The lowest BCUT2D eigenvalue weighted by atomic mass is 9.89. The lowest BCUT2D eigenvalue weighted by Gasteiger charge is -2.37. The Bertz CT molecular complexity index is 824. The number of hydrogen-bond donors (Lipinski definition) is 0. The first-order chi connectivity index (χ1) is 13.1. The van der Waals surface area contributed by atoms with E-state index in [1.807, 2.05) is 36.4 Å². The van der Waals surface area contributed by atoms with Gasteiger partial charge in [-0.1, -0.05) is 29.8 Å². The topological polar surface area (TPSA) is 48.0 Å². The van der Waals surface area contributed by atoms with Crippen molar-refractivity contribution in [3.63, 3.8) is 0 Å². The van der Waals surface area contributed by atoms with Crippen molar-refractivity contribution in [3.05, 3.63) is 58.1 Å². The van der Waals surface area contributed by atoms with Gasteiger partial charge < -0.3 is 14.2 Å². The molecule has 1 aliphatic rings. The van der Waals surface area contributed by atoms with Crippen LogP contribution >= 0.6 is 11.6 Å². The van der Waals surface area contributed by atoms with Gasteiger partial charge in [0, 0.05) is 24.2 Å². The maximum atomic E-state index is 12.1. The van der Waals surface area contributed by atoms with Gasteiger partial charge in [0.25, 0.3) is 0 Å². The van der Waals surface area contributed by atoms with Crippen LogP contribution in [0.1, 0.15) is 29.2 Å². The standard InChI is InChI=1S/C21H24ClNO4/c1-25-19-10-14-8-9-23(13-15-6-4-5-7-17(15)22)18(12-21(24)27-3)16(14)11-20(19)26-2/h4-7,10-11,18H,8-9,12-13H2,1-3H3/t18-/m1/s1. The summed E-state index contributed by atoms with van der Waals surface area (Å²) in [5.74, 6) is 1.12. The Labute approximate surface area is 164 Å². The number of ether oxygens (including phenoxy) is 3. The van der Waals surface area contributed by atoms with Crippen molar-refractivity contribution in [1.82, 2.24) is 4.90 Å².